The van der Waals surface area contributed by atoms with E-state index in [-0.39, 0.29) is 24.0 Å². The van der Waals surface area contributed by atoms with Gasteiger partial charge in [0, 0.05) is 13.2 Å². The van der Waals surface area contributed by atoms with Gasteiger partial charge in [0.2, 0.25) is 0 Å². The molecule has 2 saturated heterocycles. The number of hydrogen-bond acceptors (Lipinski definition) is 5. The van der Waals surface area contributed by atoms with Crippen LogP contribution in [0.2, 0.25) is 0 Å². The van der Waals surface area contributed by atoms with Crippen LogP contribution < -0.4 is 5.32 Å². The summed E-state index contributed by atoms with van der Waals surface area (Å²) in [7, 11) is -3.23. The summed E-state index contributed by atoms with van der Waals surface area (Å²) in [5, 5.41) is 12.1. The maximum Gasteiger partial charge on any atom is 0.324 e. The molecule has 0 bridgehead atoms. The molecule has 2 fully saturated rings. The van der Waals surface area contributed by atoms with E-state index >= 15 is 0 Å². The molecule has 0 spiro atoms. The Kier molecular flexibility index (Phi) is 3.42. The molecule has 0 aromatic heterocycles. The van der Waals surface area contributed by atoms with Gasteiger partial charge >= 0.3 is 5.97 Å². The van der Waals surface area contributed by atoms with Crippen LogP contribution in [0.5, 0.6) is 0 Å². The first kappa shape index (κ1) is 12.8. The molecular weight excluding hydrogens is 246 g/mol. The van der Waals surface area contributed by atoms with Crippen LogP contribution in [0.4, 0.5) is 0 Å². The second kappa shape index (κ2) is 4.55. The van der Waals surface area contributed by atoms with Crippen molar-refractivity contribution < 1.29 is 23.1 Å². The molecule has 2 heterocycles. The first-order valence-electron chi connectivity index (χ1n) is 5.74. The molecule has 2 atom stereocenters. The van der Waals surface area contributed by atoms with E-state index in [0.717, 1.165) is 12.8 Å². The zero-order valence-corrected chi connectivity index (χ0v) is 10.3. The maximum atomic E-state index is 11.4. The second-order valence-electron chi connectivity index (χ2n) is 4.75. The van der Waals surface area contributed by atoms with Crippen molar-refractivity contribution in [3.8, 4) is 0 Å². The smallest absolute Gasteiger partial charge is 0.324 e. The third-order valence-corrected chi connectivity index (χ3v) is 5.17. The number of rotatable bonds is 4. The number of carboxylic acids is 1. The Morgan fingerprint density at radius 1 is 1.53 bits per heavy atom. The highest BCUT2D eigenvalue weighted by atomic mass is 32.2. The molecule has 0 aliphatic carbocycles. The van der Waals surface area contributed by atoms with Gasteiger partial charge in [-0.3, -0.25) is 10.1 Å². The van der Waals surface area contributed by atoms with Gasteiger partial charge in [-0.15, -0.1) is 0 Å². The molecule has 0 saturated carbocycles. The van der Waals surface area contributed by atoms with Crippen molar-refractivity contribution in [1.29, 1.82) is 0 Å². The average Bonchev–Trinajstić information content (AvgIpc) is 2.83. The standard InChI is InChI=1S/C10H17NO5S/c12-9(13)10(3-5-17(14,15)7-10)11-6-8-2-1-4-16-8/h8,11H,1-7H2,(H,12,13). The fourth-order valence-electron chi connectivity index (χ4n) is 2.35. The monoisotopic (exact) mass is 263 g/mol. The van der Waals surface area contributed by atoms with Gasteiger partial charge in [-0.05, 0) is 19.3 Å². The first-order valence-corrected chi connectivity index (χ1v) is 7.56. The minimum Gasteiger partial charge on any atom is -0.480 e. The lowest BCUT2D eigenvalue weighted by Gasteiger charge is -2.25. The Morgan fingerprint density at radius 2 is 2.29 bits per heavy atom. The SMILES string of the molecule is O=C(O)C1(NCC2CCCO2)CCS(=O)(=O)C1. The molecule has 98 valence electrons. The fourth-order valence-corrected chi connectivity index (χ4v) is 4.27. The van der Waals surface area contributed by atoms with Crippen LogP contribution >= 0.6 is 0 Å². The Bertz CT molecular complexity index is 401. The van der Waals surface area contributed by atoms with Crippen LogP contribution in [0.25, 0.3) is 0 Å². The summed E-state index contributed by atoms with van der Waals surface area (Å²) in [4.78, 5) is 11.2. The lowest BCUT2D eigenvalue weighted by Crippen LogP contribution is -2.55. The maximum absolute atomic E-state index is 11.4. The third-order valence-electron chi connectivity index (χ3n) is 3.41. The molecule has 0 aromatic rings. The van der Waals surface area contributed by atoms with E-state index in [0.29, 0.717) is 13.2 Å². The number of carbonyl (C=O) groups is 1. The predicted molar refractivity (Wildman–Crippen MR) is 60.6 cm³/mol. The van der Waals surface area contributed by atoms with E-state index in [9.17, 15) is 18.3 Å². The highest BCUT2D eigenvalue weighted by Gasteiger charge is 2.48. The Hall–Kier alpha value is -0.660. The number of carboxylic acid groups (broad SMARTS) is 1. The van der Waals surface area contributed by atoms with E-state index in [4.69, 9.17) is 4.74 Å². The summed E-state index contributed by atoms with van der Waals surface area (Å²) < 4.78 is 28.2. The van der Waals surface area contributed by atoms with E-state index < -0.39 is 21.3 Å². The van der Waals surface area contributed by atoms with Gasteiger partial charge in [0.1, 0.15) is 5.54 Å². The van der Waals surface area contributed by atoms with Crippen LogP contribution in [0.1, 0.15) is 19.3 Å². The van der Waals surface area contributed by atoms with Crippen molar-refractivity contribution in [2.75, 3.05) is 24.7 Å². The van der Waals surface area contributed by atoms with Crippen LogP contribution in [0.3, 0.4) is 0 Å². The lowest BCUT2D eigenvalue weighted by molar-refractivity contribution is -0.144. The molecule has 0 amide bonds. The molecule has 2 aliphatic heterocycles. The van der Waals surface area contributed by atoms with Gasteiger partial charge in [0.05, 0.1) is 17.6 Å². The van der Waals surface area contributed by atoms with Gasteiger partial charge in [0.25, 0.3) is 0 Å². The van der Waals surface area contributed by atoms with Crippen molar-refractivity contribution in [3.63, 3.8) is 0 Å². The number of ether oxygens (including phenoxy) is 1. The Morgan fingerprint density at radius 3 is 2.76 bits per heavy atom. The van der Waals surface area contributed by atoms with E-state index in [1.807, 2.05) is 0 Å². The Balaban J connectivity index is 2.00. The van der Waals surface area contributed by atoms with Crippen LogP contribution in [-0.4, -0.2) is 55.8 Å². The molecule has 2 unspecified atom stereocenters. The van der Waals surface area contributed by atoms with Crippen molar-refractivity contribution in [3.05, 3.63) is 0 Å². The number of hydrogen-bond donors (Lipinski definition) is 2. The lowest BCUT2D eigenvalue weighted by atomic mass is 9.99. The van der Waals surface area contributed by atoms with Crippen LogP contribution in [-0.2, 0) is 19.4 Å². The van der Waals surface area contributed by atoms with E-state index in [1.54, 1.807) is 0 Å². The first-order chi connectivity index (χ1) is 7.94. The van der Waals surface area contributed by atoms with Gasteiger partial charge in [-0.25, -0.2) is 8.42 Å². The molecule has 2 aliphatic rings. The summed E-state index contributed by atoms with van der Waals surface area (Å²) in [5.41, 5.74) is -1.31. The summed E-state index contributed by atoms with van der Waals surface area (Å²) in [5.74, 6) is -1.46. The van der Waals surface area contributed by atoms with Gasteiger partial charge < -0.3 is 9.84 Å². The predicted octanol–water partition coefficient (Wildman–Crippen LogP) is -0.603. The Labute approximate surface area is 100 Å². The number of aliphatic carboxylic acids is 1. The molecule has 0 radical (unpaired) electrons. The van der Waals surface area contributed by atoms with Crippen molar-refractivity contribution in [2.45, 2.75) is 30.9 Å². The van der Waals surface area contributed by atoms with Crippen LogP contribution in [0, 0.1) is 0 Å². The minimum absolute atomic E-state index is 0.00882. The highest BCUT2D eigenvalue weighted by Crippen LogP contribution is 2.24. The number of nitrogens with one attached hydrogen (secondary N) is 1. The normalized spacial score (nSPS) is 36.1. The van der Waals surface area contributed by atoms with Crippen molar-refractivity contribution in [2.24, 2.45) is 0 Å². The number of sulfone groups is 1. The quantitative estimate of drug-likeness (QED) is 0.703. The third kappa shape index (κ3) is 2.78. The largest absolute Gasteiger partial charge is 0.480 e. The average molecular weight is 263 g/mol. The van der Waals surface area contributed by atoms with E-state index in [1.165, 1.54) is 0 Å². The fraction of sp³-hybridized carbons (Fsp3) is 0.900. The summed E-state index contributed by atoms with van der Waals surface area (Å²) in [6.45, 7) is 1.10. The van der Waals surface area contributed by atoms with Gasteiger partial charge in [-0.1, -0.05) is 0 Å². The molecule has 2 rings (SSSR count). The zero-order valence-electron chi connectivity index (χ0n) is 9.52. The van der Waals surface area contributed by atoms with Crippen molar-refractivity contribution >= 4 is 15.8 Å². The summed E-state index contributed by atoms with van der Waals surface area (Å²) in [6, 6.07) is 0. The second-order valence-corrected chi connectivity index (χ2v) is 6.93. The van der Waals surface area contributed by atoms with Crippen molar-refractivity contribution in [1.82, 2.24) is 5.32 Å². The summed E-state index contributed by atoms with van der Waals surface area (Å²) in [6.07, 6.45) is 2.02. The van der Waals surface area contributed by atoms with Crippen LogP contribution in [0.15, 0.2) is 0 Å². The highest BCUT2D eigenvalue weighted by molar-refractivity contribution is 7.91. The molecule has 17 heavy (non-hydrogen) atoms. The molecule has 2 N–H and O–H groups in total. The van der Waals surface area contributed by atoms with Gasteiger partial charge in [-0.2, -0.15) is 0 Å². The molecule has 0 aromatic carbocycles. The topological polar surface area (TPSA) is 92.7 Å². The molecule has 7 heteroatoms. The molecular formula is C10H17NO5S. The minimum atomic E-state index is -3.23. The van der Waals surface area contributed by atoms with Gasteiger partial charge in [0.15, 0.2) is 9.84 Å². The molecule has 6 nitrogen and oxygen atoms in total. The zero-order chi connectivity index (χ0) is 12.5. The summed E-state index contributed by atoms with van der Waals surface area (Å²) >= 11 is 0. The van der Waals surface area contributed by atoms with E-state index in [2.05, 4.69) is 5.32 Å².